The minimum absolute atomic E-state index is 0.145. The van der Waals surface area contributed by atoms with Crippen LogP contribution in [0.25, 0.3) is 0 Å². The van der Waals surface area contributed by atoms with Gasteiger partial charge < -0.3 is 21.0 Å². The number of hydrogen-bond acceptors (Lipinski definition) is 4. The number of rotatable bonds is 6. The minimum atomic E-state index is -0.814. The quantitative estimate of drug-likeness (QED) is 0.305. The first-order valence-corrected chi connectivity index (χ1v) is 5.91. The van der Waals surface area contributed by atoms with E-state index in [1.54, 1.807) is 31.4 Å². The van der Waals surface area contributed by atoms with Crippen LogP contribution in [0.2, 0.25) is 0 Å². The second kappa shape index (κ2) is 7.38. The van der Waals surface area contributed by atoms with Gasteiger partial charge in [-0.3, -0.25) is 4.79 Å². The number of amidine groups is 1. The smallest absolute Gasteiger partial charge is 0.235 e. The van der Waals surface area contributed by atoms with Crippen LogP contribution in [-0.2, 0) is 9.53 Å². The zero-order valence-corrected chi connectivity index (χ0v) is 11.0. The molecule has 19 heavy (non-hydrogen) atoms. The van der Waals surface area contributed by atoms with E-state index in [2.05, 4.69) is 10.5 Å². The second-order valence-electron chi connectivity index (χ2n) is 4.23. The minimum Gasteiger partial charge on any atom is -0.409 e. The van der Waals surface area contributed by atoms with E-state index in [0.717, 1.165) is 0 Å². The molecule has 0 fully saturated rings. The third kappa shape index (κ3) is 4.26. The summed E-state index contributed by atoms with van der Waals surface area (Å²) in [6.45, 7) is 2.21. The molecule has 2 atom stereocenters. The van der Waals surface area contributed by atoms with Crippen LogP contribution in [0.1, 0.15) is 18.4 Å². The number of carbonyl (C=O) groups is 1. The van der Waals surface area contributed by atoms with Crippen LogP contribution in [0.5, 0.6) is 0 Å². The molecule has 0 heterocycles. The highest BCUT2D eigenvalue weighted by Gasteiger charge is 2.26. The number of benzene rings is 1. The summed E-state index contributed by atoms with van der Waals surface area (Å²) in [6, 6.07) is 8.76. The molecule has 1 aromatic rings. The summed E-state index contributed by atoms with van der Waals surface area (Å²) >= 11 is 0. The number of amides is 1. The highest BCUT2D eigenvalue weighted by atomic mass is 16.5. The lowest BCUT2D eigenvalue weighted by atomic mass is 9.97. The van der Waals surface area contributed by atoms with Gasteiger partial charge in [0.2, 0.25) is 5.91 Å². The molecular weight excluding hydrogens is 246 g/mol. The summed E-state index contributed by atoms with van der Waals surface area (Å²) in [7, 11) is 1.56. The Morgan fingerprint density at radius 3 is 2.63 bits per heavy atom. The summed E-state index contributed by atoms with van der Waals surface area (Å²) < 4.78 is 4.95. The monoisotopic (exact) mass is 265 g/mol. The maximum atomic E-state index is 12.2. The third-order valence-electron chi connectivity index (χ3n) is 2.61. The molecule has 104 valence electrons. The fourth-order valence-corrected chi connectivity index (χ4v) is 1.78. The first-order chi connectivity index (χ1) is 9.10. The lowest BCUT2D eigenvalue weighted by Gasteiger charge is -2.19. The fraction of sp³-hybridized carbons (Fsp3) is 0.385. The van der Waals surface area contributed by atoms with E-state index < -0.39 is 5.92 Å². The van der Waals surface area contributed by atoms with E-state index in [4.69, 9.17) is 15.7 Å². The van der Waals surface area contributed by atoms with Crippen molar-refractivity contribution in [1.82, 2.24) is 5.32 Å². The number of methoxy groups -OCH3 is 1. The molecule has 0 saturated heterocycles. The Morgan fingerprint density at radius 2 is 2.11 bits per heavy atom. The maximum Gasteiger partial charge on any atom is 0.235 e. The average molecular weight is 265 g/mol. The number of ether oxygens (including phenoxy) is 1. The Hall–Kier alpha value is -2.08. The summed E-state index contributed by atoms with van der Waals surface area (Å²) in [5.74, 6) is -1.29. The van der Waals surface area contributed by atoms with Crippen LogP contribution in [0.15, 0.2) is 35.5 Å². The molecule has 0 radical (unpaired) electrons. The Bertz CT molecular complexity index is 434. The van der Waals surface area contributed by atoms with Crippen LogP contribution in [0, 0.1) is 0 Å². The maximum absolute atomic E-state index is 12.2. The van der Waals surface area contributed by atoms with Gasteiger partial charge in [0.25, 0.3) is 0 Å². The zero-order chi connectivity index (χ0) is 14.3. The zero-order valence-electron chi connectivity index (χ0n) is 11.0. The van der Waals surface area contributed by atoms with Crippen molar-refractivity contribution in [3.8, 4) is 0 Å². The number of nitrogens with one attached hydrogen (secondary N) is 1. The van der Waals surface area contributed by atoms with Crippen LogP contribution in [0.4, 0.5) is 0 Å². The van der Waals surface area contributed by atoms with Crippen LogP contribution < -0.4 is 11.1 Å². The van der Waals surface area contributed by atoms with E-state index in [1.165, 1.54) is 0 Å². The van der Waals surface area contributed by atoms with Gasteiger partial charge in [0.15, 0.2) is 5.84 Å². The molecule has 2 unspecified atom stereocenters. The molecule has 6 heteroatoms. The predicted molar refractivity (Wildman–Crippen MR) is 72.1 cm³/mol. The fourth-order valence-electron chi connectivity index (χ4n) is 1.78. The third-order valence-corrected chi connectivity index (χ3v) is 2.61. The summed E-state index contributed by atoms with van der Waals surface area (Å²) in [4.78, 5) is 12.2. The molecule has 0 aliphatic carbocycles. The normalized spacial score (nSPS) is 14.7. The summed E-state index contributed by atoms with van der Waals surface area (Å²) in [6.07, 6.45) is 0. The van der Waals surface area contributed by atoms with Crippen LogP contribution in [0.3, 0.4) is 0 Å². The van der Waals surface area contributed by atoms with E-state index in [-0.39, 0.29) is 17.8 Å². The standard InChI is InChI=1S/C13H19N3O3/c1-9(8-19-2)15-13(17)11(12(14)16-18)10-6-4-3-5-7-10/h3-7,9,11,18H,8H2,1-2H3,(H2,14,16)(H,15,17). The van der Waals surface area contributed by atoms with Crippen LogP contribution in [-0.4, -0.2) is 36.7 Å². The molecule has 0 spiro atoms. The average Bonchev–Trinajstić information content (AvgIpc) is 2.40. The molecule has 0 saturated carbocycles. The number of nitrogens with zero attached hydrogens (tertiary/aromatic N) is 1. The SMILES string of the molecule is COCC(C)NC(=O)C(C(N)=NO)c1ccccc1. The Kier molecular flexibility index (Phi) is 5.81. The molecule has 1 aromatic carbocycles. The van der Waals surface area contributed by atoms with Gasteiger partial charge >= 0.3 is 0 Å². The Labute approximate surface area is 112 Å². The number of hydrogen-bond donors (Lipinski definition) is 3. The van der Waals surface area contributed by atoms with Crippen molar-refractivity contribution in [2.75, 3.05) is 13.7 Å². The molecule has 6 nitrogen and oxygen atoms in total. The molecule has 1 amide bonds. The van der Waals surface area contributed by atoms with Crippen LogP contribution >= 0.6 is 0 Å². The summed E-state index contributed by atoms with van der Waals surface area (Å²) in [5.41, 5.74) is 6.27. The molecule has 0 aliphatic rings. The molecule has 0 bridgehead atoms. The Balaban J connectivity index is 2.90. The Morgan fingerprint density at radius 1 is 1.47 bits per heavy atom. The van der Waals surface area contributed by atoms with Crippen molar-refractivity contribution in [2.24, 2.45) is 10.9 Å². The number of oxime groups is 1. The molecule has 1 rings (SSSR count). The number of carbonyl (C=O) groups excluding carboxylic acids is 1. The van der Waals surface area contributed by atoms with Gasteiger partial charge in [0.1, 0.15) is 5.92 Å². The van der Waals surface area contributed by atoms with Crippen molar-refractivity contribution in [3.05, 3.63) is 35.9 Å². The summed E-state index contributed by atoms with van der Waals surface area (Å²) in [5, 5.41) is 14.5. The van der Waals surface area contributed by atoms with Crippen molar-refractivity contribution in [3.63, 3.8) is 0 Å². The lowest BCUT2D eigenvalue weighted by Crippen LogP contribution is -2.42. The van der Waals surface area contributed by atoms with E-state index >= 15 is 0 Å². The van der Waals surface area contributed by atoms with Gasteiger partial charge in [-0.1, -0.05) is 35.5 Å². The second-order valence-corrected chi connectivity index (χ2v) is 4.23. The van der Waals surface area contributed by atoms with Crippen molar-refractivity contribution >= 4 is 11.7 Å². The number of nitrogens with two attached hydrogens (primary N) is 1. The van der Waals surface area contributed by atoms with E-state index in [9.17, 15) is 4.79 Å². The molecule has 0 aliphatic heterocycles. The van der Waals surface area contributed by atoms with Gasteiger partial charge in [-0.05, 0) is 12.5 Å². The topological polar surface area (TPSA) is 96.9 Å². The van der Waals surface area contributed by atoms with Crippen molar-refractivity contribution in [2.45, 2.75) is 18.9 Å². The molecule has 0 aromatic heterocycles. The highest BCUT2D eigenvalue weighted by Crippen LogP contribution is 2.16. The molecular formula is C13H19N3O3. The van der Waals surface area contributed by atoms with E-state index in [1.807, 2.05) is 13.0 Å². The highest BCUT2D eigenvalue weighted by molar-refractivity contribution is 6.07. The predicted octanol–water partition coefficient (Wildman–Crippen LogP) is 0.668. The van der Waals surface area contributed by atoms with Crippen molar-refractivity contribution < 1.29 is 14.7 Å². The van der Waals surface area contributed by atoms with Gasteiger partial charge in [-0.25, -0.2) is 0 Å². The van der Waals surface area contributed by atoms with Gasteiger partial charge in [0.05, 0.1) is 6.61 Å². The lowest BCUT2D eigenvalue weighted by molar-refractivity contribution is -0.122. The van der Waals surface area contributed by atoms with Crippen molar-refractivity contribution in [1.29, 1.82) is 0 Å². The largest absolute Gasteiger partial charge is 0.409 e. The first kappa shape index (κ1) is 15.0. The molecule has 4 N–H and O–H groups in total. The van der Waals surface area contributed by atoms with E-state index in [0.29, 0.717) is 12.2 Å². The van der Waals surface area contributed by atoms with Gasteiger partial charge in [0, 0.05) is 13.2 Å². The van der Waals surface area contributed by atoms with Gasteiger partial charge in [-0.15, -0.1) is 0 Å². The first-order valence-electron chi connectivity index (χ1n) is 5.91. The van der Waals surface area contributed by atoms with Gasteiger partial charge in [-0.2, -0.15) is 0 Å².